The molecule has 3 saturated heterocycles. The lowest BCUT2D eigenvalue weighted by Crippen LogP contribution is -2.50. The first kappa shape index (κ1) is 18.6. The highest BCUT2D eigenvalue weighted by atomic mass is 16.5. The number of nitrogens with zero attached hydrogens (tertiary/aromatic N) is 3. The van der Waals surface area contributed by atoms with Crippen LogP contribution in [0.15, 0.2) is 0 Å². The Labute approximate surface area is 148 Å². The number of ether oxygens (including phenoxy) is 1. The first-order chi connectivity index (χ1) is 12.0. The third kappa shape index (κ3) is 4.91. The number of β-amino-alcohol motifs (C(OH)–C–C–N with tert-alkyl or cyclic N) is 1. The van der Waals surface area contributed by atoms with Gasteiger partial charge in [-0.1, -0.05) is 0 Å². The molecule has 0 aromatic carbocycles. The van der Waals surface area contributed by atoms with Crippen molar-refractivity contribution in [2.24, 2.45) is 11.7 Å². The van der Waals surface area contributed by atoms with Crippen molar-refractivity contribution in [3.05, 3.63) is 0 Å². The number of carbonyl (C=O) groups is 2. The smallest absolute Gasteiger partial charge is 0.236 e. The number of rotatable bonds is 5. The summed E-state index contributed by atoms with van der Waals surface area (Å²) in [4.78, 5) is 29.9. The van der Waals surface area contributed by atoms with Crippen LogP contribution >= 0.6 is 0 Å². The summed E-state index contributed by atoms with van der Waals surface area (Å²) in [7, 11) is 0. The number of nitrogens with two attached hydrogens (primary N) is 1. The number of hydrogen-bond acceptors (Lipinski definition) is 6. The molecule has 0 saturated carbocycles. The molecule has 8 heteroatoms. The second-order valence-corrected chi connectivity index (χ2v) is 7.63. The van der Waals surface area contributed by atoms with Crippen LogP contribution < -0.4 is 5.73 Å². The summed E-state index contributed by atoms with van der Waals surface area (Å²) < 4.78 is 5.34. The third-order valence-electron chi connectivity index (χ3n) is 5.66. The van der Waals surface area contributed by atoms with Gasteiger partial charge in [-0.25, -0.2) is 0 Å². The lowest BCUT2D eigenvalue weighted by atomic mass is 9.96. The van der Waals surface area contributed by atoms with Gasteiger partial charge in [0, 0.05) is 32.1 Å². The number of aliphatic hydroxyl groups is 1. The zero-order chi connectivity index (χ0) is 17.9. The summed E-state index contributed by atoms with van der Waals surface area (Å²) in [5, 5.41) is 10.8. The second kappa shape index (κ2) is 7.99. The van der Waals surface area contributed by atoms with Crippen LogP contribution in [-0.4, -0.2) is 103 Å². The highest BCUT2D eigenvalue weighted by Crippen LogP contribution is 2.24. The molecular weight excluding hydrogens is 324 g/mol. The molecule has 0 bridgehead atoms. The second-order valence-electron chi connectivity index (χ2n) is 7.63. The number of hydrogen-bond donors (Lipinski definition) is 2. The number of piperidine rings is 1. The minimum atomic E-state index is -0.814. The lowest BCUT2D eigenvalue weighted by molar-refractivity contribution is -0.133. The van der Waals surface area contributed by atoms with Gasteiger partial charge < -0.3 is 20.5 Å². The molecule has 25 heavy (non-hydrogen) atoms. The highest BCUT2D eigenvalue weighted by Gasteiger charge is 2.40. The largest absolute Gasteiger partial charge is 0.387 e. The van der Waals surface area contributed by atoms with Crippen molar-refractivity contribution in [3.63, 3.8) is 0 Å². The Hall–Kier alpha value is -1.22. The summed E-state index contributed by atoms with van der Waals surface area (Å²) in [6.07, 6.45) is 2.08. The Morgan fingerprint density at radius 2 is 1.76 bits per heavy atom. The zero-order valence-electron chi connectivity index (χ0n) is 14.9. The molecule has 142 valence electrons. The Balaban J connectivity index is 1.43. The number of carbonyl (C=O) groups excluding carboxylic acids is 2. The van der Waals surface area contributed by atoms with Crippen molar-refractivity contribution < 1.29 is 19.4 Å². The molecule has 3 aliphatic rings. The molecule has 3 fully saturated rings. The quantitative estimate of drug-likeness (QED) is 0.622. The fourth-order valence-corrected chi connectivity index (χ4v) is 4.04. The van der Waals surface area contributed by atoms with E-state index in [1.165, 1.54) is 0 Å². The molecule has 0 aromatic rings. The molecule has 2 amide bonds. The van der Waals surface area contributed by atoms with Crippen LogP contribution in [0, 0.1) is 5.92 Å². The standard InChI is InChI=1S/C17H30N4O4/c18-16(23)14-1-4-19(5-2-14)11-15(22)21-6-3-17(24,13-21)12-20-7-9-25-10-8-20/h14,24H,1-13H2,(H2,18,23). The van der Waals surface area contributed by atoms with Crippen molar-refractivity contribution in [2.75, 3.05) is 65.6 Å². The van der Waals surface area contributed by atoms with Crippen LogP contribution in [0.3, 0.4) is 0 Å². The number of primary amides is 1. The predicted octanol–water partition coefficient (Wildman–Crippen LogP) is -1.52. The van der Waals surface area contributed by atoms with Crippen molar-refractivity contribution >= 4 is 11.8 Å². The van der Waals surface area contributed by atoms with E-state index in [2.05, 4.69) is 9.80 Å². The highest BCUT2D eigenvalue weighted by molar-refractivity contribution is 5.79. The van der Waals surface area contributed by atoms with E-state index < -0.39 is 5.60 Å². The lowest BCUT2D eigenvalue weighted by Gasteiger charge is -2.34. The minimum Gasteiger partial charge on any atom is -0.387 e. The van der Waals surface area contributed by atoms with Gasteiger partial charge in [0.1, 0.15) is 0 Å². The van der Waals surface area contributed by atoms with Gasteiger partial charge in [-0.15, -0.1) is 0 Å². The van der Waals surface area contributed by atoms with Crippen molar-refractivity contribution in [1.29, 1.82) is 0 Å². The molecule has 0 aromatic heterocycles. The summed E-state index contributed by atoms with van der Waals surface area (Å²) in [6.45, 7) is 6.52. The van der Waals surface area contributed by atoms with Gasteiger partial charge in [-0.3, -0.25) is 19.4 Å². The number of morpholine rings is 1. The van der Waals surface area contributed by atoms with Gasteiger partial charge in [-0.05, 0) is 32.4 Å². The van der Waals surface area contributed by atoms with Crippen LogP contribution in [0.1, 0.15) is 19.3 Å². The number of amides is 2. The van der Waals surface area contributed by atoms with Crippen molar-refractivity contribution in [2.45, 2.75) is 24.9 Å². The van der Waals surface area contributed by atoms with Crippen LogP contribution in [0.4, 0.5) is 0 Å². The first-order valence-electron chi connectivity index (χ1n) is 9.27. The van der Waals surface area contributed by atoms with Gasteiger partial charge in [0.25, 0.3) is 0 Å². The maximum Gasteiger partial charge on any atom is 0.236 e. The fraction of sp³-hybridized carbons (Fsp3) is 0.882. The molecule has 3 aliphatic heterocycles. The summed E-state index contributed by atoms with van der Waals surface area (Å²) in [5.74, 6) is -0.231. The Morgan fingerprint density at radius 3 is 2.40 bits per heavy atom. The fourth-order valence-electron chi connectivity index (χ4n) is 4.04. The molecule has 3 heterocycles. The molecule has 0 radical (unpaired) electrons. The molecule has 8 nitrogen and oxygen atoms in total. The van der Waals surface area contributed by atoms with Crippen LogP contribution in [0.25, 0.3) is 0 Å². The molecule has 3 N–H and O–H groups in total. The Kier molecular flexibility index (Phi) is 5.93. The van der Waals surface area contributed by atoms with Crippen LogP contribution in [0.2, 0.25) is 0 Å². The van der Waals surface area contributed by atoms with Gasteiger partial charge in [0.2, 0.25) is 11.8 Å². The van der Waals surface area contributed by atoms with Crippen molar-refractivity contribution in [3.8, 4) is 0 Å². The average molecular weight is 354 g/mol. The predicted molar refractivity (Wildman–Crippen MR) is 91.8 cm³/mol. The van der Waals surface area contributed by atoms with Gasteiger partial charge in [0.15, 0.2) is 0 Å². The van der Waals surface area contributed by atoms with E-state index in [-0.39, 0.29) is 17.7 Å². The van der Waals surface area contributed by atoms with E-state index in [9.17, 15) is 14.7 Å². The summed E-state index contributed by atoms with van der Waals surface area (Å²) in [6, 6.07) is 0. The molecule has 3 rings (SSSR count). The molecule has 0 spiro atoms. The maximum atomic E-state index is 12.6. The average Bonchev–Trinajstić information content (AvgIpc) is 2.98. The molecule has 1 unspecified atom stereocenters. The molecular formula is C17H30N4O4. The van der Waals surface area contributed by atoms with E-state index in [4.69, 9.17) is 10.5 Å². The summed E-state index contributed by atoms with van der Waals surface area (Å²) >= 11 is 0. The van der Waals surface area contributed by atoms with E-state index in [1.807, 2.05) is 0 Å². The van der Waals surface area contributed by atoms with Crippen LogP contribution in [-0.2, 0) is 14.3 Å². The molecule has 0 aliphatic carbocycles. The third-order valence-corrected chi connectivity index (χ3v) is 5.66. The SMILES string of the molecule is NC(=O)C1CCN(CC(=O)N2CCC(O)(CN3CCOCC3)C2)CC1. The minimum absolute atomic E-state index is 0.0586. The normalized spacial score (nSPS) is 29.9. The van der Waals surface area contributed by atoms with Gasteiger partial charge >= 0.3 is 0 Å². The maximum absolute atomic E-state index is 12.6. The van der Waals surface area contributed by atoms with Crippen molar-refractivity contribution in [1.82, 2.24) is 14.7 Å². The zero-order valence-corrected chi connectivity index (χ0v) is 14.9. The van der Waals surface area contributed by atoms with Gasteiger partial charge in [0.05, 0.1) is 31.9 Å². The van der Waals surface area contributed by atoms with E-state index in [0.717, 1.165) is 39.0 Å². The molecule has 1 atom stereocenters. The number of likely N-dealkylation sites (tertiary alicyclic amines) is 2. The van der Waals surface area contributed by atoms with E-state index in [0.29, 0.717) is 45.8 Å². The Morgan fingerprint density at radius 1 is 1.08 bits per heavy atom. The van der Waals surface area contributed by atoms with Gasteiger partial charge in [-0.2, -0.15) is 0 Å². The Bertz CT molecular complexity index is 489. The van der Waals surface area contributed by atoms with E-state index >= 15 is 0 Å². The monoisotopic (exact) mass is 354 g/mol. The van der Waals surface area contributed by atoms with E-state index in [1.54, 1.807) is 4.90 Å². The first-order valence-corrected chi connectivity index (χ1v) is 9.27. The van der Waals surface area contributed by atoms with Crippen LogP contribution in [0.5, 0.6) is 0 Å². The topological polar surface area (TPSA) is 99.3 Å². The summed E-state index contributed by atoms with van der Waals surface area (Å²) in [5.41, 5.74) is 4.53.